The van der Waals surface area contributed by atoms with E-state index in [0.717, 1.165) is 26.8 Å². The van der Waals surface area contributed by atoms with Gasteiger partial charge in [-0.1, -0.05) is 51.0 Å². The van der Waals surface area contributed by atoms with Crippen LogP contribution in [0.2, 0.25) is 0 Å². The first kappa shape index (κ1) is 14.9. The normalized spacial score (nSPS) is 10.6. The molecule has 0 radical (unpaired) electrons. The number of benzene rings is 2. The summed E-state index contributed by atoms with van der Waals surface area (Å²) in [6.45, 7) is 1.98. The zero-order valence-corrected chi connectivity index (χ0v) is 14.1. The van der Waals surface area contributed by atoms with Gasteiger partial charge in [0, 0.05) is 15.5 Å². The summed E-state index contributed by atoms with van der Waals surface area (Å²) < 4.78 is 0.731. The molecule has 2 aromatic carbocycles. The van der Waals surface area contributed by atoms with Crippen molar-refractivity contribution in [1.29, 1.82) is 0 Å². The van der Waals surface area contributed by atoms with Crippen LogP contribution >= 0.6 is 27.3 Å². The molecule has 3 rings (SSSR count). The summed E-state index contributed by atoms with van der Waals surface area (Å²) in [5.74, 6) is -0.268. The molecule has 110 valence electrons. The number of halogens is 1. The summed E-state index contributed by atoms with van der Waals surface area (Å²) in [5.41, 5.74) is 1.84. The monoisotopic (exact) mass is 373 g/mol. The van der Waals surface area contributed by atoms with Crippen molar-refractivity contribution in [3.8, 4) is 0 Å². The minimum atomic E-state index is -0.268. The number of hydrogen-bond donors (Lipinski definition) is 1. The molecule has 5 heteroatoms. The number of carbonyl (C=O) groups is 1. The molecule has 1 amide bonds. The van der Waals surface area contributed by atoms with Crippen LogP contribution < -0.4 is 10.1 Å². The molecule has 0 aliphatic heterocycles. The van der Waals surface area contributed by atoms with E-state index >= 15 is 0 Å². The maximum atomic E-state index is 12.3. The Hall–Kier alpha value is -1.98. The molecule has 0 fully saturated rings. The third-order valence-corrected chi connectivity index (χ3v) is 4.68. The highest BCUT2D eigenvalue weighted by Gasteiger charge is 2.11. The van der Waals surface area contributed by atoms with E-state index in [0.29, 0.717) is 16.0 Å². The Kier molecular flexibility index (Phi) is 4.09. The highest BCUT2D eigenvalue weighted by atomic mass is 79.9. The molecule has 22 heavy (non-hydrogen) atoms. The van der Waals surface area contributed by atoms with Crippen molar-refractivity contribution in [3.05, 3.63) is 73.0 Å². The average Bonchev–Trinajstić information content (AvgIpc) is 2.50. The van der Waals surface area contributed by atoms with E-state index in [1.807, 2.05) is 43.3 Å². The third kappa shape index (κ3) is 3.10. The van der Waals surface area contributed by atoms with Crippen molar-refractivity contribution in [1.82, 2.24) is 0 Å². The van der Waals surface area contributed by atoms with Gasteiger partial charge in [0.05, 0.1) is 4.88 Å². The van der Waals surface area contributed by atoms with Crippen LogP contribution in [0.3, 0.4) is 0 Å². The van der Waals surface area contributed by atoms with Gasteiger partial charge in [-0.3, -0.25) is 9.59 Å². The van der Waals surface area contributed by atoms with Crippen molar-refractivity contribution in [2.24, 2.45) is 0 Å². The molecule has 0 aliphatic rings. The van der Waals surface area contributed by atoms with Gasteiger partial charge in [0.2, 0.25) is 4.74 Å². The predicted octanol–water partition coefficient (Wildman–Crippen LogP) is 4.58. The molecule has 3 nitrogen and oxygen atoms in total. The summed E-state index contributed by atoms with van der Waals surface area (Å²) in [7, 11) is 0. The van der Waals surface area contributed by atoms with Crippen LogP contribution in [0.5, 0.6) is 0 Å². The van der Waals surface area contributed by atoms with Gasteiger partial charge in [0.1, 0.15) is 0 Å². The number of fused-ring (bicyclic) bond motifs is 1. The molecule has 0 spiro atoms. The van der Waals surface area contributed by atoms with Crippen molar-refractivity contribution in [2.45, 2.75) is 6.92 Å². The van der Waals surface area contributed by atoms with Crippen LogP contribution in [-0.2, 0) is 0 Å². The first-order chi connectivity index (χ1) is 10.5. The van der Waals surface area contributed by atoms with E-state index in [4.69, 9.17) is 0 Å². The minimum absolute atomic E-state index is 0.118. The van der Waals surface area contributed by atoms with Gasteiger partial charge in [-0.15, -0.1) is 0 Å². The molecule has 1 heterocycles. The lowest BCUT2D eigenvalue weighted by molar-refractivity contribution is 0.103. The molecule has 0 saturated carbocycles. The summed E-state index contributed by atoms with van der Waals surface area (Å²) in [6.07, 6.45) is 0. The average molecular weight is 374 g/mol. The van der Waals surface area contributed by atoms with Gasteiger partial charge in [0.15, 0.2) is 0 Å². The van der Waals surface area contributed by atoms with Crippen LogP contribution in [0.1, 0.15) is 15.2 Å². The summed E-state index contributed by atoms with van der Waals surface area (Å²) >= 11 is 4.31. The molecule has 0 saturated heterocycles. The number of aryl methyl sites for hydroxylation is 1. The number of hydrogen-bond acceptors (Lipinski definition) is 3. The Morgan fingerprint density at radius 1 is 1.09 bits per heavy atom. The molecule has 1 N–H and O–H groups in total. The van der Waals surface area contributed by atoms with Gasteiger partial charge in [-0.2, -0.15) is 0 Å². The molecule has 0 unspecified atom stereocenters. The van der Waals surface area contributed by atoms with E-state index in [1.165, 1.54) is 0 Å². The van der Waals surface area contributed by atoms with Gasteiger partial charge in [-0.25, -0.2) is 0 Å². The van der Waals surface area contributed by atoms with Crippen LogP contribution in [-0.4, -0.2) is 5.91 Å². The maximum Gasteiger partial charge on any atom is 0.265 e. The van der Waals surface area contributed by atoms with E-state index < -0.39 is 0 Å². The largest absolute Gasteiger partial charge is 0.321 e. The Balaban J connectivity index is 1.96. The van der Waals surface area contributed by atoms with Crippen molar-refractivity contribution in [2.75, 3.05) is 5.32 Å². The van der Waals surface area contributed by atoms with E-state index in [1.54, 1.807) is 12.1 Å². The van der Waals surface area contributed by atoms with Crippen LogP contribution in [0.15, 0.2) is 57.8 Å². The van der Waals surface area contributed by atoms with Gasteiger partial charge < -0.3 is 5.32 Å². The van der Waals surface area contributed by atoms with E-state index in [9.17, 15) is 9.59 Å². The standard InChI is InChI=1S/C17H12BrNO2S/c1-10-2-6-13(7-3-10)19-16(20)15-8-11-4-5-12(18)9-14(11)17(21)22-15/h2-9H,1H3,(H,19,20). The Morgan fingerprint density at radius 2 is 1.82 bits per heavy atom. The predicted molar refractivity (Wildman–Crippen MR) is 94.9 cm³/mol. The van der Waals surface area contributed by atoms with Crippen LogP contribution in [0, 0.1) is 6.92 Å². The fraction of sp³-hybridized carbons (Fsp3) is 0.0588. The Labute approximate surface area is 139 Å². The lowest BCUT2D eigenvalue weighted by atomic mass is 10.2. The molecular formula is C17H12BrNO2S. The number of anilines is 1. The number of amides is 1. The fourth-order valence-corrected chi connectivity index (χ4v) is 3.28. The first-order valence-electron chi connectivity index (χ1n) is 6.64. The molecule has 1 aromatic heterocycles. The first-order valence-corrected chi connectivity index (χ1v) is 8.25. The van der Waals surface area contributed by atoms with Crippen molar-refractivity contribution < 1.29 is 4.79 Å². The summed E-state index contributed by atoms with van der Waals surface area (Å²) in [6, 6.07) is 14.7. The van der Waals surface area contributed by atoms with Gasteiger partial charge in [0.25, 0.3) is 5.91 Å². The Morgan fingerprint density at radius 3 is 2.55 bits per heavy atom. The topological polar surface area (TPSA) is 46.2 Å². The SMILES string of the molecule is Cc1ccc(NC(=O)c2cc3ccc(Br)cc3c(=O)s2)cc1. The van der Waals surface area contributed by atoms with Crippen molar-refractivity contribution in [3.63, 3.8) is 0 Å². The molecular weight excluding hydrogens is 362 g/mol. The quantitative estimate of drug-likeness (QED) is 0.714. The minimum Gasteiger partial charge on any atom is -0.321 e. The van der Waals surface area contributed by atoms with E-state index in [2.05, 4.69) is 21.2 Å². The number of nitrogens with one attached hydrogen (secondary N) is 1. The highest BCUT2D eigenvalue weighted by molar-refractivity contribution is 9.10. The second-order valence-corrected chi connectivity index (χ2v) is 6.88. The Bertz CT molecular complexity index is 916. The highest BCUT2D eigenvalue weighted by Crippen LogP contribution is 2.21. The molecule has 0 bridgehead atoms. The number of rotatable bonds is 2. The van der Waals surface area contributed by atoms with Crippen LogP contribution in [0.4, 0.5) is 5.69 Å². The van der Waals surface area contributed by atoms with Gasteiger partial charge in [-0.05, 0) is 42.6 Å². The second-order valence-electron chi connectivity index (χ2n) is 4.95. The molecule has 3 aromatic rings. The molecule has 0 aliphatic carbocycles. The zero-order chi connectivity index (χ0) is 15.7. The summed E-state index contributed by atoms with van der Waals surface area (Å²) in [5, 5.41) is 4.19. The number of carbonyl (C=O) groups excluding carboxylic acids is 1. The third-order valence-electron chi connectivity index (χ3n) is 3.26. The van der Waals surface area contributed by atoms with Gasteiger partial charge >= 0.3 is 0 Å². The van der Waals surface area contributed by atoms with E-state index in [-0.39, 0.29) is 10.6 Å². The van der Waals surface area contributed by atoms with Crippen LogP contribution in [0.25, 0.3) is 10.8 Å². The lowest BCUT2D eigenvalue weighted by Crippen LogP contribution is -2.12. The van der Waals surface area contributed by atoms with Crippen molar-refractivity contribution >= 4 is 49.6 Å². The fourth-order valence-electron chi connectivity index (χ4n) is 2.10. The second kappa shape index (κ2) is 6.02. The maximum absolute atomic E-state index is 12.3. The summed E-state index contributed by atoms with van der Waals surface area (Å²) in [4.78, 5) is 24.9. The molecule has 0 atom stereocenters. The smallest absolute Gasteiger partial charge is 0.265 e. The zero-order valence-electron chi connectivity index (χ0n) is 11.7. The lowest BCUT2D eigenvalue weighted by Gasteiger charge is -2.06.